The van der Waals surface area contributed by atoms with Gasteiger partial charge in [-0.1, -0.05) is 23.8 Å². The summed E-state index contributed by atoms with van der Waals surface area (Å²) in [7, 11) is 1.87. The van der Waals surface area contributed by atoms with Crippen LogP contribution < -0.4 is 5.32 Å². The summed E-state index contributed by atoms with van der Waals surface area (Å²) >= 11 is 0. The molecule has 0 saturated heterocycles. The summed E-state index contributed by atoms with van der Waals surface area (Å²) in [6.07, 6.45) is 4.41. The first-order valence-electron chi connectivity index (χ1n) is 5.77. The van der Waals surface area contributed by atoms with Crippen molar-refractivity contribution in [1.29, 1.82) is 0 Å². The predicted molar refractivity (Wildman–Crippen MR) is 75.1 cm³/mol. The Labute approximate surface area is 108 Å². The zero-order chi connectivity index (χ0) is 13.4. The first-order chi connectivity index (χ1) is 8.67. The lowest BCUT2D eigenvalue weighted by atomic mass is 10.1. The summed E-state index contributed by atoms with van der Waals surface area (Å²) in [5.41, 5.74) is 4.08. The van der Waals surface area contributed by atoms with Crippen LogP contribution in [-0.4, -0.2) is 18.3 Å². The third-order valence-corrected chi connectivity index (χ3v) is 2.50. The van der Waals surface area contributed by atoms with Crippen molar-refractivity contribution >= 4 is 12.0 Å². The van der Waals surface area contributed by atoms with Crippen molar-refractivity contribution < 1.29 is 4.79 Å². The minimum Gasteiger partial charge on any atom is -0.387 e. The first kappa shape index (κ1) is 13.9. The normalized spacial score (nSPS) is 9.06. The summed E-state index contributed by atoms with van der Waals surface area (Å²) in [4.78, 5) is 14.2. The number of nitrogens with one attached hydrogen (secondary N) is 1. The Bertz CT molecular complexity index is 495. The highest BCUT2D eigenvalue weighted by Crippen LogP contribution is 2.07. The van der Waals surface area contributed by atoms with Gasteiger partial charge in [-0.25, -0.2) is 0 Å². The number of anilines is 1. The Hall–Kier alpha value is -2.16. The van der Waals surface area contributed by atoms with Gasteiger partial charge in [-0.05, 0) is 31.5 Å². The van der Waals surface area contributed by atoms with E-state index in [-0.39, 0.29) is 0 Å². The maximum atomic E-state index is 10.3. The van der Waals surface area contributed by atoms with Crippen LogP contribution in [0.1, 0.15) is 21.5 Å². The molecule has 0 radical (unpaired) electrons. The fourth-order valence-corrected chi connectivity index (χ4v) is 1.47. The molecule has 3 nitrogen and oxygen atoms in total. The van der Waals surface area contributed by atoms with E-state index in [0.717, 1.165) is 23.1 Å². The molecule has 0 atom stereocenters. The number of carbonyl (C=O) groups excluding carboxylic acids is 1. The summed E-state index contributed by atoms with van der Waals surface area (Å²) in [6.45, 7) is 3.96. The van der Waals surface area contributed by atoms with Gasteiger partial charge in [0.15, 0.2) is 0 Å². The number of hydrogen-bond donors (Lipinski definition) is 1. The van der Waals surface area contributed by atoms with Crippen LogP contribution in [0.15, 0.2) is 42.7 Å². The lowest BCUT2D eigenvalue weighted by Crippen LogP contribution is -1.86. The Morgan fingerprint density at radius 3 is 2.44 bits per heavy atom. The van der Waals surface area contributed by atoms with E-state index in [1.807, 2.05) is 51.2 Å². The lowest BCUT2D eigenvalue weighted by Gasteiger charge is -1.97. The Balaban J connectivity index is 0.000000184. The smallest absolute Gasteiger partial charge is 0.150 e. The minimum absolute atomic E-state index is 0.783. The third kappa shape index (κ3) is 4.37. The van der Waals surface area contributed by atoms with Crippen molar-refractivity contribution in [2.24, 2.45) is 0 Å². The number of carbonyl (C=O) groups is 1. The quantitative estimate of drug-likeness (QED) is 0.822. The second kappa shape index (κ2) is 7.22. The van der Waals surface area contributed by atoms with E-state index in [1.54, 1.807) is 12.4 Å². The molecule has 0 spiro atoms. The molecule has 94 valence electrons. The number of aldehydes is 1. The molecule has 0 fully saturated rings. The molecular weight excluding hydrogens is 224 g/mol. The van der Waals surface area contributed by atoms with Gasteiger partial charge >= 0.3 is 0 Å². The predicted octanol–water partition coefficient (Wildman–Crippen LogP) is 3.24. The van der Waals surface area contributed by atoms with Gasteiger partial charge in [-0.2, -0.15) is 0 Å². The van der Waals surface area contributed by atoms with Gasteiger partial charge < -0.3 is 5.32 Å². The minimum atomic E-state index is 0.783. The topological polar surface area (TPSA) is 42.0 Å². The zero-order valence-corrected chi connectivity index (χ0v) is 11.0. The molecule has 2 aromatic rings. The lowest BCUT2D eigenvalue weighted by molar-refractivity contribution is 0.112. The fourth-order valence-electron chi connectivity index (χ4n) is 1.47. The van der Waals surface area contributed by atoms with Crippen LogP contribution in [0, 0.1) is 13.8 Å². The van der Waals surface area contributed by atoms with E-state index >= 15 is 0 Å². The molecule has 0 amide bonds. The summed E-state index contributed by atoms with van der Waals surface area (Å²) < 4.78 is 0. The van der Waals surface area contributed by atoms with Gasteiger partial charge in [0.1, 0.15) is 6.29 Å². The molecule has 1 aromatic heterocycles. The van der Waals surface area contributed by atoms with Gasteiger partial charge in [0.2, 0.25) is 0 Å². The largest absolute Gasteiger partial charge is 0.387 e. The molecule has 0 aliphatic rings. The van der Waals surface area contributed by atoms with E-state index in [0.29, 0.717) is 0 Å². The molecule has 0 aliphatic heterocycles. The second-order valence-corrected chi connectivity index (χ2v) is 3.97. The van der Waals surface area contributed by atoms with Crippen LogP contribution in [0.25, 0.3) is 0 Å². The van der Waals surface area contributed by atoms with Crippen molar-refractivity contribution in [2.45, 2.75) is 13.8 Å². The van der Waals surface area contributed by atoms with Crippen molar-refractivity contribution in [3.8, 4) is 0 Å². The van der Waals surface area contributed by atoms with Gasteiger partial charge in [-0.3, -0.25) is 9.78 Å². The van der Waals surface area contributed by atoms with Crippen molar-refractivity contribution in [2.75, 3.05) is 12.4 Å². The van der Waals surface area contributed by atoms with Crippen LogP contribution in [0.5, 0.6) is 0 Å². The first-order valence-corrected chi connectivity index (χ1v) is 5.77. The molecular formula is C15H18N2O. The average molecular weight is 242 g/mol. The molecule has 3 heteroatoms. The Morgan fingerprint density at radius 2 is 2.00 bits per heavy atom. The van der Waals surface area contributed by atoms with E-state index in [1.165, 1.54) is 5.56 Å². The molecule has 18 heavy (non-hydrogen) atoms. The standard InChI is InChI=1S/C9H10O.C6H8N2/c1-7-3-4-9(6-10)8(2)5-7;1-7-6-3-2-4-8-5-6/h3-6H,1-2H3;2-5,7H,1H3. The maximum Gasteiger partial charge on any atom is 0.150 e. The van der Waals surface area contributed by atoms with Crippen molar-refractivity contribution in [1.82, 2.24) is 4.98 Å². The highest BCUT2D eigenvalue weighted by atomic mass is 16.1. The molecule has 1 aromatic carbocycles. The van der Waals surface area contributed by atoms with E-state index in [2.05, 4.69) is 10.3 Å². The monoisotopic (exact) mass is 242 g/mol. The molecule has 0 unspecified atom stereocenters. The molecule has 1 heterocycles. The fraction of sp³-hybridized carbons (Fsp3) is 0.200. The van der Waals surface area contributed by atoms with Crippen molar-refractivity contribution in [3.63, 3.8) is 0 Å². The number of hydrogen-bond acceptors (Lipinski definition) is 3. The highest BCUT2D eigenvalue weighted by molar-refractivity contribution is 5.77. The van der Waals surface area contributed by atoms with E-state index in [4.69, 9.17) is 0 Å². The Kier molecular flexibility index (Phi) is 5.58. The summed E-state index contributed by atoms with van der Waals surface area (Å²) in [5, 5.41) is 2.96. The zero-order valence-electron chi connectivity index (χ0n) is 11.0. The molecule has 2 rings (SSSR count). The number of pyridine rings is 1. The van der Waals surface area contributed by atoms with Crippen LogP contribution in [0.4, 0.5) is 5.69 Å². The molecule has 0 saturated carbocycles. The molecule has 1 N–H and O–H groups in total. The van der Waals surface area contributed by atoms with Gasteiger partial charge in [0.25, 0.3) is 0 Å². The van der Waals surface area contributed by atoms with E-state index in [9.17, 15) is 4.79 Å². The van der Waals surface area contributed by atoms with Crippen LogP contribution in [0.3, 0.4) is 0 Å². The summed E-state index contributed by atoms with van der Waals surface area (Å²) in [6, 6.07) is 9.65. The molecule has 0 bridgehead atoms. The van der Waals surface area contributed by atoms with Crippen LogP contribution >= 0.6 is 0 Å². The number of aromatic nitrogens is 1. The second-order valence-electron chi connectivity index (χ2n) is 3.97. The van der Waals surface area contributed by atoms with E-state index < -0.39 is 0 Å². The van der Waals surface area contributed by atoms with Crippen LogP contribution in [-0.2, 0) is 0 Å². The Morgan fingerprint density at radius 1 is 1.22 bits per heavy atom. The van der Waals surface area contributed by atoms with Crippen molar-refractivity contribution in [3.05, 3.63) is 59.4 Å². The maximum absolute atomic E-state index is 10.3. The number of aryl methyl sites for hydroxylation is 2. The number of benzene rings is 1. The third-order valence-electron chi connectivity index (χ3n) is 2.50. The van der Waals surface area contributed by atoms with Gasteiger partial charge in [0, 0.05) is 25.0 Å². The highest BCUT2D eigenvalue weighted by Gasteiger charge is 1.93. The number of rotatable bonds is 2. The SMILES string of the molecule is CNc1cccnc1.Cc1ccc(C=O)c(C)c1. The number of nitrogens with zero attached hydrogens (tertiary/aromatic N) is 1. The van der Waals surface area contributed by atoms with Gasteiger partial charge in [0.05, 0.1) is 5.69 Å². The molecule has 0 aliphatic carbocycles. The van der Waals surface area contributed by atoms with Gasteiger partial charge in [-0.15, -0.1) is 0 Å². The average Bonchev–Trinajstić information content (AvgIpc) is 2.40. The van der Waals surface area contributed by atoms with Crippen LogP contribution in [0.2, 0.25) is 0 Å². The summed E-state index contributed by atoms with van der Waals surface area (Å²) in [5.74, 6) is 0.